The second-order valence-corrected chi connectivity index (χ2v) is 4.19. The van der Waals surface area contributed by atoms with Gasteiger partial charge in [0.25, 0.3) is 0 Å². The van der Waals surface area contributed by atoms with Crippen LogP contribution in [0.15, 0.2) is 36.4 Å². The first kappa shape index (κ1) is 14.3. The summed E-state index contributed by atoms with van der Waals surface area (Å²) in [6, 6.07) is 11.5. The van der Waals surface area contributed by atoms with Gasteiger partial charge < -0.3 is 9.47 Å². The molecule has 0 unspecified atom stereocenters. The molecule has 0 aliphatic carbocycles. The highest BCUT2D eigenvalue weighted by Gasteiger charge is 2.16. The van der Waals surface area contributed by atoms with Crippen molar-refractivity contribution < 1.29 is 14.3 Å². The molecule has 1 heterocycles. The van der Waals surface area contributed by atoms with E-state index in [4.69, 9.17) is 9.47 Å². The Morgan fingerprint density at radius 2 is 2.05 bits per heavy atom. The highest BCUT2D eigenvalue weighted by molar-refractivity contribution is 5.88. The van der Waals surface area contributed by atoms with Gasteiger partial charge in [0.2, 0.25) is 0 Å². The Morgan fingerprint density at radius 1 is 1.30 bits per heavy atom. The van der Waals surface area contributed by atoms with E-state index in [9.17, 15) is 4.79 Å². The fraction of sp³-hybridized carbons (Fsp3) is 0.333. The summed E-state index contributed by atoms with van der Waals surface area (Å²) >= 11 is 0. The molecule has 1 aromatic carbocycles. The zero-order valence-corrected chi connectivity index (χ0v) is 11.7. The molecule has 0 spiro atoms. The summed E-state index contributed by atoms with van der Waals surface area (Å²) in [5.74, 6) is -0.392. The molecule has 0 radical (unpaired) electrons. The minimum atomic E-state index is -0.392. The number of aromatic nitrogens is 2. The van der Waals surface area contributed by atoms with Gasteiger partial charge in [0, 0.05) is 12.2 Å². The fourth-order valence-electron chi connectivity index (χ4n) is 1.90. The van der Waals surface area contributed by atoms with Crippen LogP contribution in [0.3, 0.4) is 0 Å². The van der Waals surface area contributed by atoms with Crippen molar-refractivity contribution in [1.82, 2.24) is 9.78 Å². The van der Waals surface area contributed by atoms with Crippen LogP contribution in [0, 0.1) is 0 Å². The maximum Gasteiger partial charge on any atom is 0.356 e. The summed E-state index contributed by atoms with van der Waals surface area (Å²) in [6.07, 6.45) is 0. The topological polar surface area (TPSA) is 53.4 Å². The van der Waals surface area contributed by atoms with E-state index in [-0.39, 0.29) is 0 Å². The Balaban J connectivity index is 2.29. The molecular formula is C15H18N2O3. The van der Waals surface area contributed by atoms with E-state index in [1.165, 1.54) is 7.11 Å². The molecule has 0 N–H and O–H groups in total. The number of rotatable bonds is 6. The van der Waals surface area contributed by atoms with Gasteiger partial charge in [-0.05, 0) is 13.0 Å². The lowest BCUT2D eigenvalue weighted by atomic mass is 10.1. The van der Waals surface area contributed by atoms with Crippen molar-refractivity contribution in [2.75, 3.05) is 20.3 Å². The van der Waals surface area contributed by atoms with E-state index in [0.717, 1.165) is 11.3 Å². The van der Waals surface area contributed by atoms with Crippen molar-refractivity contribution in [3.05, 3.63) is 42.1 Å². The highest BCUT2D eigenvalue weighted by Crippen LogP contribution is 2.19. The zero-order chi connectivity index (χ0) is 14.4. The number of esters is 1. The van der Waals surface area contributed by atoms with E-state index < -0.39 is 5.97 Å². The average molecular weight is 274 g/mol. The Kier molecular flexibility index (Phi) is 4.90. The third-order valence-electron chi connectivity index (χ3n) is 2.90. The molecule has 0 aliphatic heterocycles. The minimum absolute atomic E-state index is 0.392. The third kappa shape index (κ3) is 3.24. The second kappa shape index (κ2) is 6.86. The lowest BCUT2D eigenvalue weighted by Gasteiger charge is -2.05. The molecule has 1 aromatic heterocycles. The second-order valence-electron chi connectivity index (χ2n) is 4.19. The molecule has 0 saturated heterocycles. The van der Waals surface area contributed by atoms with E-state index in [1.807, 2.05) is 37.3 Å². The summed E-state index contributed by atoms with van der Waals surface area (Å²) in [5, 5.41) is 4.46. The van der Waals surface area contributed by atoms with Crippen LogP contribution >= 0.6 is 0 Å². The van der Waals surface area contributed by atoms with Gasteiger partial charge >= 0.3 is 5.97 Å². The van der Waals surface area contributed by atoms with Crippen molar-refractivity contribution in [3.8, 4) is 11.3 Å². The predicted molar refractivity (Wildman–Crippen MR) is 75.5 cm³/mol. The van der Waals surface area contributed by atoms with Gasteiger partial charge in [-0.1, -0.05) is 30.3 Å². The third-order valence-corrected chi connectivity index (χ3v) is 2.90. The number of ether oxygens (including phenoxy) is 2. The zero-order valence-electron chi connectivity index (χ0n) is 11.7. The van der Waals surface area contributed by atoms with Crippen molar-refractivity contribution in [3.63, 3.8) is 0 Å². The average Bonchev–Trinajstić information content (AvgIpc) is 2.92. The van der Waals surface area contributed by atoms with Gasteiger partial charge in [0.15, 0.2) is 0 Å². The quantitative estimate of drug-likeness (QED) is 0.599. The first-order valence-electron chi connectivity index (χ1n) is 6.55. The van der Waals surface area contributed by atoms with Crippen molar-refractivity contribution in [2.45, 2.75) is 13.5 Å². The standard InChI is InChI=1S/C15H18N2O3/c1-3-20-10-9-17-14(15(18)19-2)11-13(16-17)12-7-5-4-6-8-12/h4-8,11H,3,9-10H2,1-2H3. The summed E-state index contributed by atoms with van der Waals surface area (Å²) in [5.41, 5.74) is 2.15. The van der Waals surface area contributed by atoms with Crippen LogP contribution in [0.2, 0.25) is 0 Å². The van der Waals surface area contributed by atoms with Crippen LogP contribution in [0.25, 0.3) is 11.3 Å². The SMILES string of the molecule is CCOCCn1nc(-c2ccccc2)cc1C(=O)OC. The van der Waals surface area contributed by atoms with Crippen LogP contribution in [0.5, 0.6) is 0 Å². The molecule has 2 aromatic rings. The number of nitrogens with zero attached hydrogens (tertiary/aromatic N) is 2. The summed E-state index contributed by atoms with van der Waals surface area (Å²) in [4.78, 5) is 11.8. The van der Waals surface area contributed by atoms with Gasteiger partial charge in [-0.15, -0.1) is 0 Å². The van der Waals surface area contributed by atoms with E-state index in [1.54, 1.807) is 10.7 Å². The molecule has 0 bridgehead atoms. The number of carbonyl (C=O) groups is 1. The van der Waals surface area contributed by atoms with Crippen molar-refractivity contribution >= 4 is 5.97 Å². The van der Waals surface area contributed by atoms with Crippen LogP contribution in [0.4, 0.5) is 0 Å². The molecule has 0 atom stereocenters. The van der Waals surface area contributed by atoms with Gasteiger partial charge in [0.1, 0.15) is 5.69 Å². The first-order chi connectivity index (χ1) is 9.76. The van der Waals surface area contributed by atoms with E-state index in [2.05, 4.69) is 5.10 Å². The normalized spacial score (nSPS) is 10.5. The molecular weight excluding hydrogens is 256 g/mol. The Hall–Kier alpha value is -2.14. The maximum atomic E-state index is 11.8. The van der Waals surface area contributed by atoms with Crippen LogP contribution < -0.4 is 0 Å². The lowest BCUT2D eigenvalue weighted by molar-refractivity contribution is 0.0582. The van der Waals surface area contributed by atoms with Crippen LogP contribution in [-0.4, -0.2) is 36.1 Å². The van der Waals surface area contributed by atoms with Crippen molar-refractivity contribution in [2.24, 2.45) is 0 Å². The summed E-state index contributed by atoms with van der Waals surface area (Å²) in [7, 11) is 1.37. The molecule has 2 rings (SSSR count). The first-order valence-corrected chi connectivity index (χ1v) is 6.55. The molecule has 0 fully saturated rings. The molecule has 106 valence electrons. The molecule has 20 heavy (non-hydrogen) atoms. The number of hydrogen-bond donors (Lipinski definition) is 0. The fourth-order valence-corrected chi connectivity index (χ4v) is 1.90. The molecule has 0 aliphatic rings. The molecule has 0 amide bonds. The number of carbonyl (C=O) groups excluding carboxylic acids is 1. The Labute approximate surface area is 118 Å². The van der Waals surface area contributed by atoms with Gasteiger partial charge in [-0.3, -0.25) is 4.68 Å². The molecule has 0 saturated carbocycles. The smallest absolute Gasteiger partial charge is 0.356 e. The Morgan fingerprint density at radius 3 is 2.70 bits per heavy atom. The minimum Gasteiger partial charge on any atom is -0.464 e. The van der Waals surface area contributed by atoms with Gasteiger partial charge in [0.05, 0.1) is 26.0 Å². The predicted octanol–water partition coefficient (Wildman–Crippen LogP) is 2.37. The summed E-state index contributed by atoms with van der Waals surface area (Å²) in [6.45, 7) is 3.60. The van der Waals surface area contributed by atoms with Gasteiger partial charge in [-0.25, -0.2) is 4.79 Å². The molecule has 5 heteroatoms. The van der Waals surface area contributed by atoms with Crippen molar-refractivity contribution in [1.29, 1.82) is 0 Å². The largest absolute Gasteiger partial charge is 0.464 e. The van der Waals surface area contributed by atoms with Crippen LogP contribution in [0.1, 0.15) is 17.4 Å². The van der Waals surface area contributed by atoms with E-state index >= 15 is 0 Å². The Bertz CT molecular complexity index is 564. The number of benzene rings is 1. The molecule has 5 nitrogen and oxygen atoms in total. The maximum absolute atomic E-state index is 11.8. The summed E-state index contributed by atoms with van der Waals surface area (Å²) < 4.78 is 11.7. The monoisotopic (exact) mass is 274 g/mol. The number of hydrogen-bond acceptors (Lipinski definition) is 4. The highest BCUT2D eigenvalue weighted by atomic mass is 16.5. The number of methoxy groups -OCH3 is 1. The van der Waals surface area contributed by atoms with E-state index in [0.29, 0.717) is 25.5 Å². The van der Waals surface area contributed by atoms with Crippen LogP contribution in [-0.2, 0) is 16.0 Å². The van der Waals surface area contributed by atoms with Gasteiger partial charge in [-0.2, -0.15) is 5.10 Å². The lowest BCUT2D eigenvalue weighted by Crippen LogP contribution is -2.15.